The lowest BCUT2D eigenvalue weighted by Crippen LogP contribution is -2.32. The fraction of sp³-hybridized carbons (Fsp3) is 0.300. The Hall–Kier alpha value is -2.04. The molecule has 0 saturated carbocycles. The topological polar surface area (TPSA) is 29.0 Å². The molecule has 1 aliphatic heterocycles. The summed E-state index contributed by atoms with van der Waals surface area (Å²) in [6.45, 7) is 3.39. The van der Waals surface area contributed by atoms with Crippen molar-refractivity contribution < 1.29 is 0 Å². The van der Waals surface area contributed by atoms with Crippen LogP contribution in [0.4, 0.5) is 0 Å². The quantitative estimate of drug-likeness (QED) is 0.698. The van der Waals surface area contributed by atoms with E-state index in [9.17, 15) is 0 Å². The van der Waals surface area contributed by atoms with Crippen molar-refractivity contribution >= 4 is 11.3 Å². The summed E-state index contributed by atoms with van der Waals surface area (Å²) in [7, 11) is 0. The Morgan fingerprint density at radius 3 is 2.54 bits per heavy atom. The van der Waals surface area contributed by atoms with Gasteiger partial charge in [0.2, 0.25) is 0 Å². The summed E-state index contributed by atoms with van der Waals surface area (Å²) in [6, 6.07) is 15.0. The van der Waals surface area contributed by atoms with Crippen molar-refractivity contribution in [2.45, 2.75) is 25.3 Å². The fourth-order valence-corrected chi connectivity index (χ4v) is 4.06. The molecule has 1 saturated heterocycles. The van der Waals surface area contributed by atoms with E-state index in [2.05, 4.69) is 45.2 Å². The second kappa shape index (κ2) is 7.24. The largest absolute Gasteiger partial charge is 0.298 e. The molecule has 3 heterocycles. The van der Waals surface area contributed by atoms with Crippen LogP contribution in [0.1, 0.15) is 29.2 Å². The van der Waals surface area contributed by atoms with E-state index in [1.165, 1.54) is 41.9 Å². The second-order valence-electron chi connectivity index (χ2n) is 6.36. The van der Waals surface area contributed by atoms with Gasteiger partial charge in [0.05, 0.1) is 11.2 Å². The molecule has 24 heavy (non-hydrogen) atoms. The number of rotatable bonds is 4. The number of piperidine rings is 1. The summed E-state index contributed by atoms with van der Waals surface area (Å²) in [5.41, 5.74) is 5.63. The molecule has 1 aromatic carbocycles. The van der Waals surface area contributed by atoms with Gasteiger partial charge in [0.1, 0.15) is 0 Å². The van der Waals surface area contributed by atoms with Crippen LogP contribution in [0.3, 0.4) is 0 Å². The molecule has 1 aliphatic rings. The Bertz CT molecular complexity index is 745. The summed E-state index contributed by atoms with van der Waals surface area (Å²) in [5, 5.41) is 0. The molecule has 0 amide bonds. The minimum absolute atomic E-state index is 0.681. The highest BCUT2D eigenvalue weighted by Crippen LogP contribution is 2.30. The number of aromatic nitrogens is 2. The average Bonchev–Trinajstić information content (AvgIpc) is 3.16. The highest BCUT2D eigenvalue weighted by molar-refractivity contribution is 7.09. The maximum absolute atomic E-state index is 4.43. The van der Waals surface area contributed by atoms with Crippen LogP contribution >= 0.6 is 11.3 Å². The van der Waals surface area contributed by atoms with Crippen molar-refractivity contribution in [2.75, 3.05) is 13.1 Å². The summed E-state index contributed by atoms with van der Waals surface area (Å²) in [4.78, 5) is 12.5. The normalized spacial score (nSPS) is 16.3. The van der Waals surface area contributed by atoms with Crippen molar-refractivity contribution in [3.05, 3.63) is 70.8 Å². The van der Waals surface area contributed by atoms with Gasteiger partial charge in [0.15, 0.2) is 0 Å². The summed E-state index contributed by atoms with van der Waals surface area (Å²) < 4.78 is 0. The Morgan fingerprint density at radius 2 is 1.88 bits per heavy atom. The molecule has 0 atom stereocenters. The summed E-state index contributed by atoms with van der Waals surface area (Å²) in [5.74, 6) is 0.681. The number of hydrogen-bond donors (Lipinski definition) is 0. The molecule has 2 aromatic heterocycles. The molecule has 0 aliphatic carbocycles. The zero-order valence-electron chi connectivity index (χ0n) is 13.6. The number of thiazole rings is 1. The van der Waals surface area contributed by atoms with Gasteiger partial charge >= 0.3 is 0 Å². The van der Waals surface area contributed by atoms with Crippen molar-refractivity contribution in [2.24, 2.45) is 0 Å². The number of likely N-dealkylation sites (tertiary alicyclic amines) is 1. The Morgan fingerprint density at radius 1 is 1.04 bits per heavy atom. The van der Waals surface area contributed by atoms with E-state index in [1.807, 2.05) is 30.0 Å². The third-order valence-corrected chi connectivity index (χ3v) is 5.56. The van der Waals surface area contributed by atoms with E-state index < -0.39 is 0 Å². The highest BCUT2D eigenvalue weighted by atomic mass is 32.1. The first kappa shape index (κ1) is 15.5. The molecule has 0 unspecified atom stereocenters. The molecule has 0 bridgehead atoms. The van der Waals surface area contributed by atoms with Gasteiger partial charge in [0.25, 0.3) is 0 Å². The maximum atomic E-state index is 4.43. The molecular formula is C20H21N3S. The van der Waals surface area contributed by atoms with Crippen molar-refractivity contribution in [3.63, 3.8) is 0 Å². The number of nitrogens with zero attached hydrogens (tertiary/aromatic N) is 3. The molecule has 4 heteroatoms. The molecule has 0 radical (unpaired) electrons. The van der Waals surface area contributed by atoms with Gasteiger partial charge in [-0.15, -0.1) is 11.3 Å². The third kappa shape index (κ3) is 3.55. The van der Waals surface area contributed by atoms with Gasteiger partial charge in [-0.3, -0.25) is 14.9 Å². The van der Waals surface area contributed by atoms with E-state index in [4.69, 9.17) is 0 Å². The van der Waals surface area contributed by atoms with Gasteiger partial charge in [0, 0.05) is 29.4 Å². The van der Waals surface area contributed by atoms with Crippen LogP contribution in [0.5, 0.6) is 0 Å². The first-order chi connectivity index (χ1) is 11.9. The lowest BCUT2D eigenvalue weighted by Gasteiger charge is -2.31. The fourth-order valence-electron chi connectivity index (χ4n) is 3.42. The smallest absolute Gasteiger partial charge is 0.0794 e. The van der Waals surface area contributed by atoms with Crippen LogP contribution in [0.15, 0.2) is 60.4 Å². The molecule has 3 nitrogen and oxygen atoms in total. The first-order valence-electron chi connectivity index (χ1n) is 8.49. The molecule has 4 rings (SSSR count). The first-order valence-corrected chi connectivity index (χ1v) is 9.37. The summed E-state index contributed by atoms with van der Waals surface area (Å²) >= 11 is 1.75. The maximum Gasteiger partial charge on any atom is 0.0794 e. The van der Waals surface area contributed by atoms with Gasteiger partial charge in [-0.25, -0.2) is 0 Å². The SMILES string of the molecule is c1ccc(-c2ccc(C3CCN(Cc4cncs4)CC3)cc2)nc1. The van der Waals surface area contributed by atoms with Gasteiger partial charge < -0.3 is 0 Å². The lowest BCUT2D eigenvalue weighted by molar-refractivity contribution is 0.206. The molecule has 122 valence electrons. The number of hydrogen-bond acceptors (Lipinski definition) is 4. The molecule has 0 spiro atoms. The van der Waals surface area contributed by atoms with E-state index in [1.54, 1.807) is 11.3 Å². The minimum Gasteiger partial charge on any atom is -0.298 e. The van der Waals surface area contributed by atoms with Crippen LogP contribution in [0.2, 0.25) is 0 Å². The predicted octanol–water partition coefficient (Wildman–Crippen LogP) is 4.58. The van der Waals surface area contributed by atoms with Crippen molar-refractivity contribution in [1.82, 2.24) is 14.9 Å². The van der Waals surface area contributed by atoms with Crippen LogP contribution in [0, 0.1) is 0 Å². The lowest BCUT2D eigenvalue weighted by atomic mass is 9.89. The summed E-state index contributed by atoms with van der Waals surface area (Å²) in [6.07, 6.45) is 6.32. The third-order valence-electron chi connectivity index (χ3n) is 4.79. The van der Waals surface area contributed by atoms with E-state index >= 15 is 0 Å². The van der Waals surface area contributed by atoms with E-state index in [-0.39, 0.29) is 0 Å². The van der Waals surface area contributed by atoms with E-state index in [0.717, 1.165) is 12.2 Å². The number of benzene rings is 1. The zero-order chi connectivity index (χ0) is 16.2. The molecule has 1 fully saturated rings. The monoisotopic (exact) mass is 335 g/mol. The number of pyridine rings is 1. The van der Waals surface area contributed by atoms with Crippen molar-refractivity contribution in [1.29, 1.82) is 0 Å². The zero-order valence-corrected chi connectivity index (χ0v) is 14.5. The Labute approximate surface area is 147 Å². The van der Waals surface area contributed by atoms with Crippen LogP contribution in [-0.2, 0) is 6.54 Å². The van der Waals surface area contributed by atoms with Crippen molar-refractivity contribution in [3.8, 4) is 11.3 Å². The van der Waals surface area contributed by atoms with Gasteiger partial charge in [-0.05, 0) is 49.5 Å². The highest BCUT2D eigenvalue weighted by Gasteiger charge is 2.20. The van der Waals surface area contributed by atoms with E-state index in [0.29, 0.717) is 5.92 Å². The standard InChI is InChI=1S/C20H21N3S/c1-2-10-22-20(3-1)18-6-4-16(5-7-18)17-8-11-23(12-9-17)14-19-13-21-15-24-19/h1-7,10,13,15,17H,8-9,11-12,14H2. The van der Waals surface area contributed by atoms with Crippen LogP contribution in [0.25, 0.3) is 11.3 Å². The minimum atomic E-state index is 0.681. The molecular weight excluding hydrogens is 314 g/mol. The van der Waals surface area contributed by atoms with Crippen LogP contribution < -0.4 is 0 Å². The Balaban J connectivity index is 1.37. The Kier molecular flexibility index (Phi) is 4.67. The molecule has 0 N–H and O–H groups in total. The van der Waals surface area contributed by atoms with Crippen LogP contribution in [-0.4, -0.2) is 28.0 Å². The van der Waals surface area contributed by atoms with Gasteiger partial charge in [-0.1, -0.05) is 30.3 Å². The van der Waals surface area contributed by atoms with Gasteiger partial charge in [-0.2, -0.15) is 0 Å². The average molecular weight is 335 g/mol. The molecule has 3 aromatic rings. The second-order valence-corrected chi connectivity index (χ2v) is 7.33. The predicted molar refractivity (Wildman–Crippen MR) is 99.0 cm³/mol.